The number of nitrogens with one attached hydrogen (secondary N) is 1. The Morgan fingerprint density at radius 1 is 1.04 bits per heavy atom. The van der Waals surface area contributed by atoms with Crippen LogP contribution in [0.4, 0.5) is 5.69 Å². The second-order valence-corrected chi connectivity index (χ2v) is 8.97. The van der Waals surface area contributed by atoms with Crippen LogP contribution < -0.4 is 10.1 Å². The van der Waals surface area contributed by atoms with E-state index < -0.39 is 10.0 Å². The van der Waals surface area contributed by atoms with Crippen LogP contribution in [-0.2, 0) is 10.0 Å². The van der Waals surface area contributed by atoms with Crippen molar-refractivity contribution in [1.29, 1.82) is 0 Å². The van der Waals surface area contributed by atoms with Gasteiger partial charge in [0, 0.05) is 25.3 Å². The molecule has 0 radical (unpaired) electrons. The molecule has 0 fully saturated rings. The molecule has 0 saturated heterocycles. The second-order valence-electron chi connectivity index (χ2n) is 6.82. The van der Waals surface area contributed by atoms with E-state index in [1.807, 2.05) is 0 Å². The molecule has 0 spiro atoms. The van der Waals surface area contributed by atoms with Crippen LogP contribution in [-0.4, -0.2) is 39.3 Å². The molecule has 0 saturated carbocycles. The van der Waals surface area contributed by atoms with Crippen LogP contribution in [0, 0.1) is 5.92 Å². The predicted molar refractivity (Wildman–Crippen MR) is 107 cm³/mol. The van der Waals surface area contributed by atoms with Crippen molar-refractivity contribution in [2.75, 3.05) is 26.0 Å². The Bertz CT molecular complexity index is 858. The van der Waals surface area contributed by atoms with Gasteiger partial charge in [-0.2, -0.15) is 0 Å². The smallest absolute Gasteiger partial charge is 0.255 e. The average Bonchev–Trinajstić information content (AvgIpc) is 2.62. The molecule has 7 heteroatoms. The van der Waals surface area contributed by atoms with E-state index in [0.29, 0.717) is 23.8 Å². The molecule has 2 aromatic carbocycles. The highest BCUT2D eigenvalue weighted by Crippen LogP contribution is 2.18. The van der Waals surface area contributed by atoms with E-state index >= 15 is 0 Å². The van der Waals surface area contributed by atoms with Gasteiger partial charge in [-0.05, 0) is 60.9 Å². The summed E-state index contributed by atoms with van der Waals surface area (Å²) < 4.78 is 30.9. The minimum atomic E-state index is -3.49. The molecule has 27 heavy (non-hydrogen) atoms. The maximum Gasteiger partial charge on any atom is 0.255 e. The Balaban J connectivity index is 1.98. The van der Waals surface area contributed by atoms with Gasteiger partial charge < -0.3 is 10.1 Å². The number of benzene rings is 2. The van der Waals surface area contributed by atoms with E-state index in [0.717, 1.165) is 16.5 Å². The summed E-state index contributed by atoms with van der Waals surface area (Å²) in [6.07, 6.45) is 0.974. The van der Waals surface area contributed by atoms with E-state index in [1.165, 1.54) is 26.2 Å². The molecule has 2 rings (SSSR count). The van der Waals surface area contributed by atoms with Crippen LogP contribution in [0.3, 0.4) is 0 Å². The van der Waals surface area contributed by atoms with Gasteiger partial charge >= 0.3 is 0 Å². The first-order valence-corrected chi connectivity index (χ1v) is 10.2. The lowest BCUT2D eigenvalue weighted by Crippen LogP contribution is -2.22. The summed E-state index contributed by atoms with van der Waals surface area (Å²) in [6.45, 7) is 4.92. The Hall–Kier alpha value is -2.38. The van der Waals surface area contributed by atoms with E-state index in [9.17, 15) is 13.2 Å². The fraction of sp³-hybridized carbons (Fsp3) is 0.350. The molecule has 0 aliphatic heterocycles. The number of carbonyl (C=O) groups is 1. The fourth-order valence-electron chi connectivity index (χ4n) is 2.24. The number of nitrogens with zero attached hydrogens (tertiary/aromatic N) is 1. The molecule has 146 valence electrons. The molecule has 0 bridgehead atoms. The molecule has 6 nitrogen and oxygen atoms in total. The number of ether oxygens (including phenoxy) is 1. The lowest BCUT2D eigenvalue weighted by Gasteiger charge is -2.12. The van der Waals surface area contributed by atoms with Crippen molar-refractivity contribution in [3.63, 3.8) is 0 Å². The number of sulfonamides is 1. The van der Waals surface area contributed by atoms with Gasteiger partial charge in [-0.3, -0.25) is 4.79 Å². The highest BCUT2D eigenvalue weighted by molar-refractivity contribution is 7.89. The summed E-state index contributed by atoms with van der Waals surface area (Å²) in [5.41, 5.74) is 1.02. The summed E-state index contributed by atoms with van der Waals surface area (Å²) in [5, 5.41) is 2.76. The monoisotopic (exact) mass is 390 g/mol. The van der Waals surface area contributed by atoms with Crippen LogP contribution in [0.15, 0.2) is 53.4 Å². The summed E-state index contributed by atoms with van der Waals surface area (Å²) in [6, 6.07) is 13.0. The maximum atomic E-state index is 12.3. The predicted octanol–water partition coefficient (Wildman–Crippen LogP) is 3.61. The minimum Gasteiger partial charge on any atom is -0.494 e. The summed E-state index contributed by atoms with van der Waals surface area (Å²) in [7, 11) is -0.539. The van der Waals surface area contributed by atoms with E-state index in [-0.39, 0.29) is 10.8 Å². The van der Waals surface area contributed by atoms with E-state index in [2.05, 4.69) is 19.2 Å². The first kappa shape index (κ1) is 20.9. The Labute approximate surface area is 161 Å². The fourth-order valence-corrected chi connectivity index (χ4v) is 3.14. The van der Waals surface area contributed by atoms with Gasteiger partial charge in [0.25, 0.3) is 5.91 Å². The first-order chi connectivity index (χ1) is 12.7. The quantitative estimate of drug-likeness (QED) is 0.747. The summed E-state index contributed by atoms with van der Waals surface area (Å²) >= 11 is 0. The molecule has 0 aliphatic rings. The molecule has 1 N–H and O–H groups in total. The molecule has 2 aromatic rings. The van der Waals surface area contributed by atoms with Crippen LogP contribution in [0.1, 0.15) is 30.6 Å². The molecule has 0 aromatic heterocycles. The summed E-state index contributed by atoms with van der Waals surface area (Å²) in [4.78, 5) is 12.5. The first-order valence-electron chi connectivity index (χ1n) is 8.77. The zero-order chi connectivity index (χ0) is 20.0. The van der Waals surface area contributed by atoms with Crippen LogP contribution in [0.5, 0.6) is 5.75 Å². The average molecular weight is 391 g/mol. The highest BCUT2D eigenvalue weighted by Gasteiger charge is 2.16. The molecule has 0 atom stereocenters. The van der Waals surface area contributed by atoms with Crippen molar-refractivity contribution in [3.05, 3.63) is 54.1 Å². The van der Waals surface area contributed by atoms with Crippen molar-refractivity contribution >= 4 is 21.6 Å². The number of hydrogen-bond donors (Lipinski definition) is 1. The van der Waals surface area contributed by atoms with Crippen molar-refractivity contribution in [1.82, 2.24) is 4.31 Å². The maximum absolute atomic E-state index is 12.3. The number of rotatable bonds is 8. The molecule has 0 aliphatic carbocycles. The third kappa shape index (κ3) is 5.80. The standard InChI is InChI=1S/C20H26N2O4S/c1-15(2)13-14-26-18-9-5-16(6-10-18)20(23)21-17-7-11-19(12-8-17)27(24,25)22(3)4/h5-12,15H,13-14H2,1-4H3,(H,21,23). The summed E-state index contributed by atoms with van der Waals surface area (Å²) in [5.74, 6) is 1.03. The lowest BCUT2D eigenvalue weighted by molar-refractivity contribution is 0.102. The van der Waals surface area contributed by atoms with Crippen LogP contribution in [0.25, 0.3) is 0 Å². The van der Waals surface area contributed by atoms with Gasteiger partial charge in [0.15, 0.2) is 0 Å². The third-order valence-corrected chi connectivity index (χ3v) is 5.80. The molecule has 1 amide bonds. The van der Waals surface area contributed by atoms with Crippen molar-refractivity contribution < 1.29 is 17.9 Å². The van der Waals surface area contributed by atoms with Crippen molar-refractivity contribution in [3.8, 4) is 5.75 Å². The van der Waals surface area contributed by atoms with E-state index in [1.54, 1.807) is 36.4 Å². The number of hydrogen-bond acceptors (Lipinski definition) is 4. The number of amides is 1. The largest absolute Gasteiger partial charge is 0.494 e. The van der Waals surface area contributed by atoms with Gasteiger partial charge in [0.2, 0.25) is 10.0 Å². The zero-order valence-corrected chi connectivity index (χ0v) is 16.9. The Morgan fingerprint density at radius 2 is 1.63 bits per heavy atom. The molecular weight excluding hydrogens is 364 g/mol. The lowest BCUT2D eigenvalue weighted by atomic mass is 10.1. The SMILES string of the molecule is CC(C)CCOc1ccc(C(=O)Nc2ccc(S(=O)(=O)N(C)C)cc2)cc1. The minimum absolute atomic E-state index is 0.174. The van der Waals surface area contributed by atoms with Crippen LogP contribution in [0.2, 0.25) is 0 Å². The highest BCUT2D eigenvalue weighted by atomic mass is 32.2. The molecule has 0 heterocycles. The number of carbonyl (C=O) groups excluding carboxylic acids is 1. The van der Waals surface area contributed by atoms with Gasteiger partial charge in [0.1, 0.15) is 5.75 Å². The molecular formula is C20H26N2O4S. The normalized spacial score (nSPS) is 11.6. The van der Waals surface area contributed by atoms with E-state index in [4.69, 9.17) is 4.74 Å². The van der Waals surface area contributed by atoms with Crippen molar-refractivity contribution in [2.45, 2.75) is 25.2 Å². The number of anilines is 1. The van der Waals surface area contributed by atoms with Gasteiger partial charge in [0.05, 0.1) is 11.5 Å². The Morgan fingerprint density at radius 3 is 2.15 bits per heavy atom. The topological polar surface area (TPSA) is 75.7 Å². The third-order valence-electron chi connectivity index (χ3n) is 3.97. The zero-order valence-electron chi connectivity index (χ0n) is 16.1. The van der Waals surface area contributed by atoms with Crippen molar-refractivity contribution in [2.24, 2.45) is 5.92 Å². The second kappa shape index (κ2) is 9.01. The van der Waals surface area contributed by atoms with Gasteiger partial charge in [-0.1, -0.05) is 13.8 Å². The van der Waals surface area contributed by atoms with Gasteiger partial charge in [-0.15, -0.1) is 0 Å². The van der Waals surface area contributed by atoms with Crippen LogP contribution >= 0.6 is 0 Å². The Kier molecular flexibility index (Phi) is 6.98. The molecule has 0 unspecified atom stereocenters. The van der Waals surface area contributed by atoms with Gasteiger partial charge in [-0.25, -0.2) is 12.7 Å².